The molecule has 6 heteroatoms. The molecule has 1 aliphatic heterocycles. The highest BCUT2D eigenvalue weighted by atomic mass is 16.5. The standard InChI is InChI=1S/C19H16N2O4/c1-12-13-7-3-4-8-14(13)18(23)21(12)11-17(22)20-16-10-6-5-9-15(16)19(24)25-2/h3-10H,1,11H2,2H3,(H,20,22). The Labute approximate surface area is 144 Å². The molecule has 2 aromatic carbocycles. The molecule has 0 atom stereocenters. The Morgan fingerprint density at radius 1 is 1.08 bits per heavy atom. The summed E-state index contributed by atoms with van der Waals surface area (Å²) in [6, 6.07) is 13.6. The van der Waals surface area contributed by atoms with E-state index >= 15 is 0 Å². The first-order valence-electron chi connectivity index (χ1n) is 7.60. The maximum atomic E-state index is 12.4. The molecule has 0 radical (unpaired) electrons. The lowest BCUT2D eigenvalue weighted by Gasteiger charge is -2.17. The summed E-state index contributed by atoms with van der Waals surface area (Å²) in [6.07, 6.45) is 0. The molecule has 0 unspecified atom stereocenters. The highest BCUT2D eigenvalue weighted by Crippen LogP contribution is 2.30. The summed E-state index contributed by atoms with van der Waals surface area (Å²) < 4.78 is 4.70. The summed E-state index contributed by atoms with van der Waals surface area (Å²) >= 11 is 0. The van der Waals surface area contributed by atoms with Gasteiger partial charge < -0.3 is 10.1 Å². The highest BCUT2D eigenvalue weighted by molar-refractivity contribution is 6.11. The number of rotatable bonds is 4. The predicted molar refractivity (Wildman–Crippen MR) is 92.9 cm³/mol. The molecule has 6 nitrogen and oxygen atoms in total. The summed E-state index contributed by atoms with van der Waals surface area (Å²) in [5, 5.41) is 2.65. The van der Waals surface area contributed by atoms with Gasteiger partial charge in [-0.2, -0.15) is 0 Å². The first kappa shape index (κ1) is 16.4. The van der Waals surface area contributed by atoms with Gasteiger partial charge in [0.2, 0.25) is 5.91 Å². The number of benzene rings is 2. The van der Waals surface area contributed by atoms with E-state index < -0.39 is 11.9 Å². The third-order valence-corrected chi connectivity index (χ3v) is 3.95. The number of fused-ring (bicyclic) bond motifs is 1. The number of ether oxygens (including phenoxy) is 1. The molecule has 2 aromatic rings. The first-order valence-corrected chi connectivity index (χ1v) is 7.60. The fraction of sp³-hybridized carbons (Fsp3) is 0.105. The normalized spacial score (nSPS) is 12.8. The molecule has 3 rings (SSSR count). The van der Waals surface area contributed by atoms with Crippen molar-refractivity contribution in [2.45, 2.75) is 0 Å². The molecule has 0 aromatic heterocycles. The van der Waals surface area contributed by atoms with E-state index in [0.717, 1.165) is 5.56 Å². The zero-order valence-electron chi connectivity index (χ0n) is 13.6. The summed E-state index contributed by atoms with van der Waals surface area (Å²) in [7, 11) is 1.27. The number of hydrogen-bond acceptors (Lipinski definition) is 4. The Morgan fingerprint density at radius 3 is 2.40 bits per heavy atom. The lowest BCUT2D eigenvalue weighted by atomic mass is 10.1. The summed E-state index contributed by atoms with van der Waals surface area (Å²) in [5.41, 5.74) is 2.30. The third-order valence-electron chi connectivity index (χ3n) is 3.95. The zero-order valence-corrected chi connectivity index (χ0v) is 13.6. The van der Waals surface area contributed by atoms with Gasteiger partial charge in [-0.3, -0.25) is 14.5 Å². The van der Waals surface area contributed by atoms with E-state index in [2.05, 4.69) is 11.9 Å². The molecule has 0 aliphatic carbocycles. The van der Waals surface area contributed by atoms with E-state index in [9.17, 15) is 14.4 Å². The lowest BCUT2D eigenvalue weighted by Crippen LogP contribution is -2.33. The first-order chi connectivity index (χ1) is 12.0. The van der Waals surface area contributed by atoms with E-state index in [0.29, 0.717) is 16.9 Å². The second-order valence-corrected chi connectivity index (χ2v) is 5.47. The number of anilines is 1. The fourth-order valence-electron chi connectivity index (χ4n) is 2.72. The van der Waals surface area contributed by atoms with Crippen molar-refractivity contribution in [3.8, 4) is 0 Å². The van der Waals surface area contributed by atoms with E-state index in [1.54, 1.807) is 42.5 Å². The molecular formula is C19H16N2O4. The van der Waals surface area contributed by atoms with Crippen LogP contribution in [0.2, 0.25) is 0 Å². The summed E-state index contributed by atoms with van der Waals surface area (Å²) in [4.78, 5) is 37.9. The van der Waals surface area contributed by atoms with E-state index in [4.69, 9.17) is 4.74 Å². The largest absolute Gasteiger partial charge is 0.465 e. The predicted octanol–water partition coefficient (Wildman–Crippen LogP) is 2.54. The van der Waals surface area contributed by atoms with Crippen molar-refractivity contribution < 1.29 is 19.1 Å². The van der Waals surface area contributed by atoms with Gasteiger partial charge in [-0.1, -0.05) is 36.9 Å². The molecule has 0 saturated heterocycles. The molecule has 0 bridgehead atoms. The molecule has 126 valence electrons. The minimum Gasteiger partial charge on any atom is -0.465 e. The molecule has 25 heavy (non-hydrogen) atoms. The average molecular weight is 336 g/mol. The number of carbonyl (C=O) groups excluding carboxylic acids is 3. The number of nitrogens with zero attached hydrogens (tertiary/aromatic N) is 1. The van der Waals surface area contributed by atoms with Crippen LogP contribution in [0.5, 0.6) is 0 Å². The lowest BCUT2D eigenvalue weighted by molar-refractivity contribution is -0.116. The van der Waals surface area contributed by atoms with Crippen LogP contribution in [0.25, 0.3) is 5.70 Å². The maximum absolute atomic E-state index is 12.4. The van der Waals surface area contributed by atoms with Crippen molar-refractivity contribution in [2.24, 2.45) is 0 Å². The summed E-state index contributed by atoms with van der Waals surface area (Å²) in [5.74, 6) is -1.25. The van der Waals surface area contributed by atoms with Gasteiger partial charge in [0.05, 0.1) is 18.4 Å². The van der Waals surface area contributed by atoms with Gasteiger partial charge in [-0.15, -0.1) is 0 Å². The van der Waals surface area contributed by atoms with Crippen LogP contribution in [0.3, 0.4) is 0 Å². The van der Waals surface area contributed by atoms with Gasteiger partial charge in [-0.05, 0) is 18.2 Å². The van der Waals surface area contributed by atoms with Crippen LogP contribution >= 0.6 is 0 Å². The van der Waals surface area contributed by atoms with Crippen molar-refractivity contribution in [1.82, 2.24) is 4.90 Å². The second kappa shape index (κ2) is 6.60. The van der Waals surface area contributed by atoms with Crippen molar-refractivity contribution in [2.75, 3.05) is 19.0 Å². The van der Waals surface area contributed by atoms with Gasteiger partial charge in [0.15, 0.2) is 0 Å². The highest BCUT2D eigenvalue weighted by Gasteiger charge is 2.32. The van der Waals surface area contributed by atoms with Gasteiger partial charge in [0, 0.05) is 16.8 Å². The van der Waals surface area contributed by atoms with E-state index in [-0.39, 0.29) is 18.0 Å². The van der Waals surface area contributed by atoms with Crippen LogP contribution in [0.15, 0.2) is 55.1 Å². The number of carbonyl (C=O) groups is 3. The fourth-order valence-corrected chi connectivity index (χ4v) is 2.72. The number of hydrogen-bond donors (Lipinski definition) is 1. The molecule has 0 saturated carbocycles. The number of esters is 1. The number of para-hydroxylation sites is 1. The van der Waals surface area contributed by atoms with Crippen molar-refractivity contribution >= 4 is 29.2 Å². The van der Waals surface area contributed by atoms with E-state index in [1.807, 2.05) is 6.07 Å². The zero-order chi connectivity index (χ0) is 18.0. The van der Waals surface area contributed by atoms with Crippen molar-refractivity contribution in [3.05, 3.63) is 71.8 Å². The minimum atomic E-state index is -0.551. The summed E-state index contributed by atoms with van der Waals surface area (Å²) in [6.45, 7) is 3.70. The number of nitrogens with one attached hydrogen (secondary N) is 1. The Morgan fingerprint density at radius 2 is 1.72 bits per heavy atom. The van der Waals surface area contributed by atoms with Crippen LogP contribution in [0.1, 0.15) is 26.3 Å². The average Bonchev–Trinajstić information content (AvgIpc) is 2.87. The van der Waals surface area contributed by atoms with Gasteiger partial charge in [0.25, 0.3) is 5.91 Å². The van der Waals surface area contributed by atoms with Crippen molar-refractivity contribution in [1.29, 1.82) is 0 Å². The Kier molecular flexibility index (Phi) is 4.35. The topological polar surface area (TPSA) is 75.7 Å². The number of amides is 2. The molecule has 0 fully saturated rings. The van der Waals surface area contributed by atoms with Gasteiger partial charge >= 0.3 is 5.97 Å². The molecule has 1 heterocycles. The van der Waals surface area contributed by atoms with Crippen LogP contribution in [-0.4, -0.2) is 36.3 Å². The SMILES string of the molecule is C=C1c2ccccc2C(=O)N1CC(=O)Nc1ccccc1C(=O)OC. The van der Waals surface area contributed by atoms with Crippen LogP contribution in [0, 0.1) is 0 Å². The Bertz CT molecular complexity index is 853. The van der Waals surface area contributed by atoms with Crippen molar-refractivity contribution in [3.63, 3.8) is 0 Å². The van der Waals surface area contributed by atoms with Crippen LogP contribution < -0.4 is 5.32 Å². The van der Waals surface area contributed by atoms with Gasteiger partial charge in [-0.25, -0.2) is 4.79 Å². The minimum absolute atomic E-state index is 0.193. The molecular weight excluding hydrogens is 320 g/mol. The molecule has 1 aliphatic rings. The molecule has 1 N–H and O–H groups in total. The molecule has 0 spiro atoms. The maximum Gasteiger partial charge on any atom is 0.339 e. The Hall–Kier alpha value is -3.41. The quantitative estimate of drug-likeness (QED) is 0.871. The van der Waals surface area contributed by atoms with Crippen LogP contribution in [0.4, 0.5) is 5.69 Å². The third kappa shape index (κ3) is 3.01. The monoisotopic (exact) mass is 336 g/mol. The Balaban J connectivity index is 1.76. The second-order valence-electron chi connectivity index (χ2n) is 5.47. The molecule has 2 amide bonds. The number of methoxy groups -OCH3 is 1. The van der Waals surface area contributed by atoms with Gasteiger partial charge in [0.1, 0.15) is 6.54 Å². The van der Waals surface area contributed by atoms with Crippen LogP contribution in [-0.2, 0) is 9.53 Å². The smallest absolute Gasteiger partial charge is 0.339 e. The van der Waals surface area contributed by atoms with E-state index in [1.165, 1.54) is 12.0 Å².